The van der Waals surface area contributed by atoms with Crippen LogP contribution in [0.5, 0.6) is 11.8 Å². The molecule has 0 N–H and O–H groups in total. The van der Waals surface area contributed by atoms with E-state index in [2.05, 4.69) is 15.0 Å². The predicted molar refractivity (Wildman–Crippen MR) is 72.2 cm³/mol. The third-order valence-corrected chi connectivity index (χ3v) is 2.82. The Labute approximate surface area is 116 Å². The fraction of sp³-hybridized carbons (Fsp3) is 0.286. The lowest BCUT2D eigenvalue weighted by atomic mass is 10.1. The van der Waals surface area contributed by atoms with Crippen molar-refractivity contribution >= 4 is 5.78 Å². The average Bonchev–Trinajstić information content (AvgIpc) is 2.53. The maximum Gasteiger partial charge on any atom is 0.247 e. The summed E-state index contributed by atoms with van der Waals surface area (Å²) >= 11 is 0. The number of methoxy groups -OCH3 is 2. The van der Waals surface area contributed by atoms with Crippen LogP contribution in [-0.4, -0.2) is 35.0 Å². The molecular weight excluding hydrogens is 258 g/mol. The van der Waals surface area contributed by atoms with Gasteiger partial charge >= 0.3 is 0 Å². The number of ether oxygens (including phenoxy) is 2. The average molecular weight is 273 g/mol. The molecular formula is C14H15N3O3. The molecule has 6 nitrogen and oxygen atoms in total. The summed E-state index contributed by atoms with van der Waals surface area (Å²) in [4.78, 5) is 24.8. The fourth-order valence-corrected chi connectivity index (χ4v) is 1.79. The number of carbonyl (C=O) groups excluding carboxylic acids is 1. The predicted octanol–water partition coefficient (Wildman–Crippen LogP) is 1.68. The van der Waals surface area contributed by atoms with E-state index >= 15 is 0 Å². The van der Waals surface area contributed by atoms with Crippen molar-refractivity contribution in [2.24, 2.45) is 0 Å². The molecule has 2 rings (SSSR count). The zero-order valence-corrected chi connectivity index (χ0v) is 11.6. The topological polar surface area (TPSA) is 74.2 Å². The first-order valence-electron chi connectivity index (χ1n) is 6.14. The van der Waals surface area contributed by atoms with Gasteiger partial charge in [-0.2, -0.15) is 4.98 Å². The lowest BCUT2D eigenvalue weighted by Gasteiger charge is -2.08. The number of aryl methyl sites for hydroxylation is 1. The smallest absolute Gasteiger partial charge is 0.247 e. The third-order valence-electron chi connectivity index (χ3n) is 2.82. The van der Waals surface area contributed by atoms with Gasteiger partial charge in [0.05, 0.1) is 20.4 Å². The first kappa shape index (κ1) is 13.9. The molecule has 0 amide bonds. The summed E-state index contributed by atoms with van der Waals surface area (Å²) in [5.41, 5.74) is 1.35. The maximum atomic E-state index is 12.5. The number of carbonyl (C=O) groups is 1. The second-order valence-electron chi connectivity index (χ2n) is 3.96. The number of aromatic nitrogens is 3. The van der Waals surface area contributed by atoms with Gasteiger partial charge in [0.1, 0.15) is 5.69 Å². The second-order valence-corrected chi connectivity index (χ2v) is 3.96. The van der Waals surface area contributed by atoms with E-state index in [0.29, 0.717) is 12.1 Å². The van der Waals surface area contributed by atoms with Crippen molar-refractivity contribution in [2.45, 2.75) is 13.3 Å². The van der Waals surface area contributed by atoms with Crippen LogP contribution in [0.25, 0.3) is 0 Å². The molecule has 0 saturated heterocycles. The van der Waals surface area contributed by atoms with Crippen LogP contribution >= 0.6 is 0 Å². The van der Waals surface area contributed by atoms with Gasteiger partial charge in [-0.15, -0.1) is 0 Å². The van der Waals surface area contributed by atoms with Crippen molar-refractivity contribution in [3.63, 3.8) is 0 Å². The molecule has 0 spiro atoms. The number of ketones is 1. The van der Waals surface area contributed by atoms with Crippen LogP contribution in [0.1, 0.15) is 28.7 Å². The number of nitrogens with zero attached hydrogens (tertiary/aromatic N) is 3. The highest BCUT2D eigenvalue weighted by molar-refractivity contribution is 6.08. The molecule has 0 fully saturated rings. The Hall–Kier alpha value is -2.50. The number of hydrogen-bond donors (Lipinski definition) is 0. The zero-order valence-electron chi connectivity index (χ0n) is 11.6. The molecule has 2 heterocycles. The van der Waals surface area contributed by atoms with Crippen LogP contribution in [0.15, 0.2) is 24.5 Å². The summed E-state index contributed by atoms with van der Waals surface area (Å²) in [5.74, 6) is 0.103. The van der Waals surface area contributed by atoms with Crippen LogP contribution in [0.2, 0.25) is 0 Å². The fourth-order valence-electron chi connectivity index (χ4n) is 1.79. The third kappa shape index (κ3) is 2.59. The molecule has 0 aliphatic carbocycles. The monoisotopic (exact) mass is 273 g/mol. The van der Waals surface area contributed by atoms with Gasteiger partial charge in [-0.1, -0.05) is 13.0 Å². The van der Waals surface area contributed by atoms with Crippen molar-refractivity contribution in [3.05, 3.63) is 41.5 Å². The van der Waals surface area contributed by atoms with Gasteiger partial charge in [0, 0.05) is 6.20 Å². The first-order chi connectivity index (χ1) is 9.71. The van der Waals surface area contributed by atoms with Gasteiger partial charge in [0.2, 0.25) is 17.5 Å². The Morgan fingerprint density at radius 2 is 2.00 bits per heavy atom. The van der Waals surface area contributed by atoms with Crippen molar-refractivity contribution in [1.29, 1.82) is 0 Å². The van der Waals surface area contributed by atoms with Crippen molar-refractivity contribution < 1.29 is 14.3 Å². The number of rotatable bonds is 5. The molecule has 0 aromatic carbocycles. The number of hydrogen-bond acceptors (Lipinski definition) is 6. The van der Waals surface area contributed by atoms with Gasteiger partial charge in [-0.05, 0) is 18.1 Å². The normalized spacial score (nSPS) is 10.2. The van der Waals surface area contributed by atoms with Gasteiger partial charge in [0.25, 0.3) is 0 Å². The van der Waals surface area contributed by atoms with Crippen LogP contribution < -0.4 is 9.47 Å². The lowest BCUT2D eigenvalue weighted by molar-refractivity contribution is 0.102. The van der Waals surface area contributed by atoms with Crippen molar-refractivity contribution in [1.82, 2.24) is 15.0 Å². The molecule has 0 atom stereocenters. The molecule has 0 saturated carbocycles. The Morgan fingerprint density at radius 1 is 1.20 bits per heavy atom. The molecule has 0 bridgehead atoms. The van der Waals surface area contributed by atoms with Crippen LogP contribution in [-0.2, 0) is 6.42 Å². The highest BCUT2D eigenvalue weighted by Gasteiger charge is 2.21. The molecule has 20 heavy (non-hydrogen) atoms. The summed E-state index contributed by atoms with van der Waals surface area (Å²) in [6.07, 6.45) is 3.67. The Kier molecular flexibility index (Phi) is 4.24. The summed E-state index contributed by atoms with van der Waals surface area (Å²) in [6.45, 7) is 1.96. The van der Waals surface area contributed by atoms with Gasteiger partial charge < -0.3 is 9.47 Å². The highest BCUT2D eigenvalue weighted by Crippen LogP contribution is 2.20. The quantitative estimate of drug-likeness (QED) is 0.772. The number of pyridine rings is 1. The molecule has 104 valence electrons. The van der Waals surface area contributed by atoms with E-state index < -0.39 is 0 Å². The minimum absolute atomic E-state index is 0.127. The van der Waals surface area contributed by atoms with Crippen LogP contribution in [0.4, 0.5) is 0 Å². The maximum absolute atomic E-state index is 12.5. The van der Waals surface area contributed by atoms with E-state index in [4.69, 9.17) is 9.47 Å². The summed E-state index contributed by atoms with van der Waals surface area (Å²) < 4.78 is 10.1. The minimum Gasteiger partial charge on any atom is -0.480 e. The van der Waals surface area contributed by atoms with Crippen molar-refractivity contribution in [3.8, 4) is 11.8 Å². The van der Waals surface area contributed by atoms with E-state index in [9.17, 15) is 4.79 Å². The SMILES string of the molecule is CCc1cccnc1C(=O)c1ncc(OC)nc1OC. The highest BCUT2D eigenvalue weighted by atomic mass is 16.5. The molecule has 2 aromatic rings. The Balaban J connectivity index is 2.48. The summed E-state index contributed by atoms with van der Waals surface area (Å²) in [6, 6.07) is 3.66. The second kappa shape index (κ2) is 6.10. The molecule has 0 aliphatic rings. The molecule has 0 aliphatic heterocycles. The minimum atomic E-state index is -0.311. The van der Waals surface area contributed by atoms with Gasteiger partial charge in [0.15, 0.2) is 5.69 Å². The van der Waals surface area contributed by atoms with E-state index in [1.165, 1.54) is 20.4 Å². The van der Waals surface area contributed by atoms with Gasteiger partial charge in [-0.3, -0.25) is 9.78 Å². The van der Waals surface area contributed by atoms with Crippen molar-refractivity contribution in [2.75, 3.05) is 14.2 Å². The van der Waals surface area contributed by atoms with Gasteiger partial charge in [-0.25, -0.2) is 4.98 Å². The molecule has 6 heteroatoms. The van der Waals surface area contributed by atoms with E-state index in [-0.39, 0.29) is 23.2 Å². The molecule has 0 radical (unpaired) electrons. The van der Waals surface area contributed by atoms with E-state index in [1.54, 1.807) is 12.3 Å². The van der Waals surface area contributed by atoms with Crippen LogP contribution in [0, 0.1) is 0 Å². The lowest BCUT2D eigenvalue weighted by Crippen LogP contribution is -2.12. The molecule has 2 aromatic heterocycles. The van der Waals surface area contributed by atoms with E-state index in [1.807, 2.05) is 13.0 Å². The first-order valence-corrected chi connectivity index (χ1v) is 6.14. The zero-order chi connectivity index (χ0) is 14.5. The Morgan fingerprint density at radius 3 is 2.65 bits per heavy atom. The summed E-state index contributed by atoms with van der Waals surface area (Å²) in [7, 11) is 2.90. The molecule has 0 unspecified atom stereocenters. The standard InChI is InChI=1S/C14H15N3O3/c1-4-9-6-5-7-15-11(9)13(18)12-14(20-3)17-10(19-2)8-16-12/h5-8H,4H2,1-3H3. The van der Waals surface area contributed by atoms with Crippen LogP contribution in [0.3, 0.4) is 0 Å². The summed E-state index contributed by atoms with van der Waals surface area (Å²) in [5, 5.41) is 0. The largest absolute Gasteiger partial charge is 0.480 e. The Bertz CT molecular complexity index is 629. The van der Waals surface area contributed by atoms with E-state index in [0.717, 1.165) is 5.56 Å².